The van der Waals surface area contributed by atoms with E-state index in [1.807, 2.05) is 48.5 Å². The maximum absolute atomic E-state index is 10.4. The molecule has 0 N–H and O–H groups in total. The SMILES string of the molecule is CC(=O)Oc1ccccc1.CC[Si](C)(C)O[Si](C)(C)CC.COc1ccccc1. The van der Waals surface area contributed by atoms with Gasteiger partial charge in [0.1, 0.15) is 11.5 Å². The third kappa shape index (κ3) is 14.7. The number of rotatable bonds is 6. The van der Waals surface area contributed by atoms with Gasteiger partial charge in [-0.2, -0.15) is 0 Å². The van der Waals surface area contributed by atoms with Gasteiger partial charge in [0.05, 0.1) is 7.11 Å². The Bertz CT molecular complexity index is 660. The monoisotopic (exact) mass is 434 g/mol. The fourth-order valence-electron chi connectivity index (χ4n) is 2.10. The van der Waals surface area contributed by atoms with Crippen molar-refractivity contribution in [2.75, 3.05) is 7.11 Å². The molecular formula is C23H38O4Si2. The molecule has 29 heavy (non-hydrogen) atoms. The van der Waals surface area contributed by atoms with Gasteiger partial charge in [0.25, 0.3) is 0 Å². The quantitative estimate of drug-likeness (QED) is 0.286. The number of hydrogen-bond donors (Lipinski definition) is 0. The Morgan fingerprint density at radius 2 is 1.14 bits per heavy atom. The van der Waals surface area contributed by atoms with Crippen molar-refractivity contribution in [2.45, 2.75) is 59.0 Å². The van der Waals surface area contributed by atoms with Crippen LogP contribution in [0.2, 0.25) is 38.3 Å². The third-order valence-corrected chi connectivity index (χ3v) is 12.1. The molecule has 0 atom stereocenters. The number of esters is 1. The molecule has 0 bridgehead atoms. The van der Waals surface area contributed by atoms with E-state index in [1.165, 1.54) is 19.0 Å². The van der Waals surface area contributed by atoms with Crippen LogP contribution in [0.4, 0.5) is 0 Å². The molecule has 4 nitrogen and oxygen atoms in total. The second kappa shape index (κ2) is 14.1. The van der Waals surface area contributed by atoms with Crippen molar-refractivity contribution in [3.63, 3.8) is 0 Å². The number of methoxy groups -OCH3 is 1. The molecule has 0 spiro atoms. The second-order valence-corrected chi connectivity index (χ2v) is 17.0. The number of carbonyl (C=O) groups excluding carboxylic acids is 1. The van der Waals surface area contributed by atoms with Gasteiger partial charge >= 0.3 is 5.97 Å². The first-order chi connectivity index (χ1) is 13.5. The minimum absolute atomic E-state index is 0.286. The Hall–Kier alpha value is -1.90. The van der Waals surface area contributed by atoms with Gasteiger partial charge in [-0.15, -0.1) is 0 Å². The molecule has 0 aromatic heterocycles. The molecule has 0 amide bonds. The van der Waals surface area contributed by atoms with Crippen molar-refractivity contribution in [2.24, 2.45) is 0 Å². The Balaban J connectivity index is 0.000000410. The fourth-order valence-corrected chi connectivity index (χ4v) is 9.24. The average Bonchev–Trinajstić information content (AvgIpc) is 2.69. The molecule has 2 aromatic carbocycles. The fraction of sp³-hybridized carbons (Fsp3) is 0.435. The summed E-state index contributed by atoms with van der Waals surface area (Å²) in [7, 11) is -0.882. The Labute approximate surface area is 179 Å². The molecule has 0 unspecified atom stereocenters. The highest BCUT2D eigenvalue weighted by Gasteiger charge is 2.29. The molecule has 2 rings (SSSR count). The van der Waals surface area contributed by atoms with Crippen LogP contribution in [0.5, 0.6) is 11.5 Å². The summed E-state index contributed by atoms with van der Waals surface area (Å²) in [6.07, 6.45) is 0. The van der Waals surface area contributed by atoms with E-state index in [1.54, 1.807) is 19.2 Å². The van der Waals surface area contributed by atoms with Crippen molar-refractivity contribution < 1.29 is 18.4 Å². The third-order valence-electron chi connectivity index (χ3n) is 4.24. The van der Waals surface area contributed by atoms with Gasteiger partial charge in [-0.1, -0.05) is 50.2 Å². The van der Waals surface area contributed by atoms with Crippen molar-refractivity contribution in [3.8, 4) is 11.5 Å². The van der Waals surface area contributed by atoms with Crippen LogP contribution < -0.4 is 9.47 Å². The van der Waals surface area contributed by atoms with Crippen molar-refractivity contribution in [1.29, 1.82) is 0 Å². The number of para-hydroxylation sites is 2. The molecule has 2 aromatic rings. The average molecular weight is 435 g/mol. The summed E-state index contributed by atoms with van der Waals surface area (Å²) in [6.45, 7) is 15.1. The second-order valence-electron chi connectivity index (χ2n) is 7.75. The van der Waals surface area contributed by atoms with Crippen LogP contribution in [-0.2, 0) is 8.91 Å². The first-order valence-electron chi connectivity index (χ1n) is 10.1. The largest absolute Gasteiger partial charge is 0.497 e. The van der Waals surface area contributed by atoms with Crippen molar-refractivity contribution in [1.82, 2.24) is 0 Å². The predicted molar refractivity (Wildman–Crippen MR) is 128 cm³/mol. The smallest absolute Gasteiger partial charge is 0.308 e. The van der Waals surface area contributed by atoms with Gasteiger partial charge in [0, 0.05) is 6.92 Å². The van der Waals surface area contributed by atoms with E-state index >= 15 is 0 Å². The van der Waals surface area contributed by atoms with Crippen LogP contribution in [0.3, 0.4) is 0 Å². The molecule has 0 aliphatic carbocycles. The lowest BCUT2D eigenvalue weighted by atomic mass is 10.3. The van der Waals surface area contributed by atoms with Crippen LogP contribution in [0, 0.1) is 0 Å². The molecular weight excluding hydrogens is 396 g/mol. The molecule has 0 radical (unpaired) electrons. The van der Waals surface area contributed by atoms with E-state index in [2.05, 4.69) is 40.0 Å². The topological polar surface area (TPSA) is 44.8 Å². The van der Waals surface area contributed by atoms with Gasteiger partial charge in [-0.05, 0) is 62.5 Å². The lowest BCUT2D eigenvalue weighted by Gasteiger charge is -2.32. The van der Waals surface area contributed by atoms with Gasteiger partial charge in [0.15, 0.2) is 16.6 Å². The maximum Gasteiger partial charge on any atom is 0.308 e. The zero-order chi connectivity index (χ0) is 22.3. The lowest BCUT2D eigenvalue weighted by Crippen LogP contribution is -2.43. The van der Waals surface area contributed by atoms with E-state index in [4.69, 9.17) is 13.6 Å². The summed E-state index contributed by atoms with van der Waals surface area (Å²) in [5, 5.41) is 0. The molecule has 0 saturated carbocycles. The molecule has 0 aliphatic rings. The first-order valence-corrected chi connectivity index (χ1v) is 16.3. The standard InChI is InChI=1S/C8H8O2.C8H22OSi2.C7H8O/c1-7(9)10-8-5-3-2-4-6-8;1-7-10(3,4)9-11(5,6)8-2;1-8-7-5-3-2-4-6-7/h2-6H,1H3;7-8H2,1-6H3;2-6H,1H3. The summed E-state index contributed by atoms with van der Waals surface area (Å²) in [5.74, 6) is 1.22. The minimum atomic E-state index is -1.27. The van der Waals surface area contributed by atoms with Crippen LogP contribution >= 0.6 is 0 Å². The normalized spacial score (nSPS) is 10.6. The zero-order valence-corrected chi connectivity index (χ0v) is 21.3. The van der Waals surface area contributed by atoms with Crippen molar-refractivity contribution >= 4 is 22.6 Å². The Morgan fingerprint density at radius 1 is 0.759 bits per heavy atom. The van der Waals surface area contributed by atoms with Crippen molar-refractivity contribution in [3.05, 3.63) is 60.7 Å². The van der Waals surface area contributed by atoms with Crippen LogP contribution in [0.1, 0.15) is 20.8 Å². The van der Waals surface area contributed by atoms with E-state index in [9.17, 15) is 4.79 Å². The number of carbonyl (C=O) groups is 1. The highest BCUT2D eigenvalue weighted by molar-refractivity contribution is 6.84. The summed E-state index contributed by atoms with van der Waals surface area (Å²) < 4.78 is 15.9. The minimum Gasteiger partial charge on any atom is -0.497 e. The molecule has 0 heterocycles. The van der Waals surface area contributed by atoms with E-state index in [0.29, 0.717) is 5.75 Å². The molecule has 0 saturated heterocycles. The first kappa shape index (κ1) is 27.1. The van der Waals surface area contributed by atoms with Crippen LogP contribution in [-0.4, -0.2) is 29.7 Å². The number of ether oxygens (including phenoxy) is 2. The summed E-state index contributed by atoms with van der Waals surface area (Å²) in [6, 6.07) is 21.1. The molecule has 0 aliphatic heterocycles. The van der Waals surface area contributed by atoms with E-state index < -0.39 is 16.6 Å². The summed E-state index contributed by atoms with van der Waals surface area (Å²) in [5.41, 5.74) is 0. The van der Waals surface area contributed by atoms with E-state index in [0.717, 1.165) is 5.75 Å². The molecule has 0 fully saturated rings. The highest BCUT2D eigenvalue weighted by atomic mass is 28.4. The predicted octanol–water partition coefficient (Wildman–Crippen LogP) is 6.76. The van der Waals surface area contributed by atoms with E-state index in [-0.39, 0.29) is 5.97 Å². The number of hydrogen-bond acceptors (Lipinski definition) is 4. The van der Waals surface area contributed by atoms with Crippen LogP contribution in [0.25, 0.3) is 0 Å². The van der Waals surface area contributed by atoms with Gasteiger partial charge in [-0.25, -0.2) is 0 Å². The van der Waals surface area contributed by atoms with Gasteiger partial charge in [-0.3, -0.25) is 4.79 Å². The Morgan fingerprint density at radius 3 is 1.41 bits per heavy atom. The Kier molecular flexibility index (Phi) is 13.2. The van der Waals surface area contributed by atoms with Gasteiger partial charge < -0.3 is 13.6 Å². The highest BCUT2D eigenvalue weighted by Crippen LogP contribution is 2.20. The lowest BCUT2D eigenvalue weighted by molar-refractivity contribution is -0.131. The summed E-state index contributed by atoms with van der Waals surface area (Å²) >= 11 is 0. The molecule has 6 heteroatoms. The van der Waals surface area contributed by atoms with Crippen LogP contribution in [0.15, 0.2) is 60.7 Å². The number of benzene rings is 2. The van der Waals surface area contributed by atoms with Gasteiger partial charge in [0.2, 0.25) is 0 Å². The zero-order valence-electron chi connectivity index (χ0n) is 19.3. The molecule has 162 valence electrons. The maximum atomic E-state index is 10.4. The summed E-state index contributed by atoms with van der Waals surface area (Å²) in [4.78, 5) is 10.4.